The van der Waals surface area contributed by atoms with Gasteiger partial charge in [-0.3, -0.25) is 4.98 Å². The van der Waals surface area contributed by atoms with Crippen molar-refractivity contribution in [3.8, 4) is 17.3 Å². The van der Waals surface area contributed by atoms with E-state index in [1.165, 1.54) is 6.07 Å². The number of rotatable bonds is 4. The highest BCUT2D eigenvalue weighted by molar-refractivity contribution is 5.60. The van der Waals surface area contributed by atoms with E-state index in [4.69, 9.17) is 4.74 Å². The number of nitrogens with zero attached hydrogens (tertiary/aromatic N) is 8. The summed E-state index contributed by atoms with van der Waals surface area (Å²) >= 11 is 0. The van der Waals surface area contributed by atoms with Crippen molar-refractivity contribution in [3.05, 3.63) is 54.6 Å². The van der Waals surface area contributed by atoms with Crippen LogP contribution in [0, 0.1) is 5.82 Å². The first kappa shape index (κ1) is 18.2. The predicted molar refractivity (Wildman–Crippen MR) is 109 cm³/mol. The molecule has 5 rings (SSSR count). The number of methoxy groups -OCH3 is 1. The fourth-order valence-corrected chi connectivity index (χ4v) is 3.51. The first-order valence-electron chi connectivity index (χ1n) is 9.56. The molecule has 0 N–H and O–H groups in total. The van der Waals surface area contributed by atoms with Crippen LogP contribution >= 0.6 is 0 Å². The van der Waals surface area contributed by atoms with E-state index in [0.29, 0.717) is 22.9 Å². The van der Waals surface area contributed by atoms with Gasteiger partial charge in [-0.25, -0.2) is 4.39 Å². The van der Waals surface area contributed by atoms with Crippen molar-refractivity contribution in [2.75, 3.05) is 43.1 Å². The molecule has 4 aromatic rings. The van der Waals surface area contributed by atoms with E-state index in [2.05, 4.69) is 35.1 Å². The van der Waals surface area contributed by atoms with Gasteiger partial charge in [0.05, 0.1) is 25.1 Å². The Bertz CT molecular complexity index is 1190. The molecular formula is C20H19FN8O. The van der Waals surface area contributed by atoms with E-state index in [1.54, 1.807) is 42.2 Å². The third-order valence-electron chi connectivity index (χ3n) is 5.10. The maximum absolute atomic E-state index is 14.2. The van der Waals surface area contributed by atoms with Crippen LogP contribution in [0.15, 0.2) is 48.8 Å². The average Bonchev–Trinajstić information content (AvgIpc) is 3.22. The molecule has 9 nitrogen and oxygen atoms in total. The Morgan fingerprint density at radius 2 is 1.67 bits per heavy atom. The fourth-order valence-electron chi connectivity index (χ4n) is 3.51. The van der Waals surface area contributed by atoms with E-state index < -0.39 is 0 Å². The molecule has 1 aliphatic rings. The molecule has 152 valence electrons. The molecular weight excluding hydrogens is 387 g/mol. The molecule has 0 unspecified atom stereocenters. The largest absolute Gasteiger partial charge is 0.480 e. The highest BCUT2D eigenvalue weighted by Crippen LogP contribution is 2.23. The minimum Gasteiger partial charge on any atom is -0.480 e. The Hall–Kier alpha value is -3.82. The van der Waals surface area contributed by atoms with Crippen LogP contribution in [0.5, 0.6) is 5.88 Å². The van der Waals surface area contributed by atoms with E-state index in [0.717, 1.165) is 37.8 Å². The molecule has 0 amide bonds. The number of piperazine rings is 1. The molecule has 1 saturated heterocycles. The number of anilines is 2. The molecule has 0 radical (unpaired) electrons. The Balaban J connectivity index is 1.38. The zero-order valence-corrected chi connectivity index (χ0v) is 16.3. The van der Waals surface area contributed by atoms with Crippen molar-refractivity contribution < 1.29 is 9.13 Å². The van der Waals surface area contributed by atoms with Gasteiger partial charge in [-0.15, -0.1) is 15.3 Å². The second kappa shape index (κ2) is 7.54. The van der Waals surface area contributed by atoms with Crippen LogP contribution in [0.25, 0.3) is 17.0 Å². The van der Waals surface area contributed by atoms with Crippen molar-refractivity contribution in [2.24, 2.45) is 0 Å². The van der Waals surface area contributed by atoms with Crippen LogP contribution < -0.4 is 14.5 Å². The van der Waals surface area contributed by atoms with Crippen molar-refractivity contribution in [1.29, 1.82) is 0 Å². The molecule has 3 aromatic heterocycles. The maximum Gasteiger partial charge on any atom is 0.233 e. The molecule has 10 heteroatoms. The molecule has 1 aromatic carbocycles. The van der Waals surface area contributed by atoms with Gasteiger partial charge in [0, 0.05) is 26.2 Å². The van der Waals surface area contributed by atoms with Crippen molar-refractivity contribution in [2.45, 2.75) is 0 Å². The van der Waals surface area contributed by atoms with Gasteiger partial charge in [0.25, 0.3) is 0 Å². The van der Waals surface area contributed by atoms with Gasteiger partial charge in [-0.2, -0.15) is 9.50 Å². The number of hydrogen-bond donors (Lipinski definition) is 0. The Kier molecular flexibility index (Phi) is 4.58. The lowest BCUT2D eigenvalue weighted by molar-refractivity contribution is 0.395. The number of aromatic nitrogens is 6. The minimum atomic E-state index is -0.355. The fraction of sp³-hybridized carbons (Fsp3) is 0.250. The van der Waals surface area contributed by atoms with Crippen LogP contribution in [-0.2, 0) is 0 Å². The van der Waals surface area contributed by atoms with Crippen molar-refractivity contribution in [3.63, 3.8) is 0 Å². The maximum atomic E-state index is 14.2. The summed E-state index contributed by atoms with van der Waals surface area (Å²) < 4.78 is 21.0. The lowest BCUT2D eigenvalue weighted by Crippen LogP contribution is -2.47. The third kappa shape index (κ3) is 3.25. The molecule has 1 aliphatic heterocycles. The molecule has 4 heterocycles. The number of fused-ring (bicyclic) bond motifs is 1. The molecule has 0 bridgehead atoms. The molecule has 1 fully saturated rings. The molecule has 0 atom stereocenters. The first-order valence-corrected chi connectivity index (χ1v) is 9.56. The van der Waals surface area contributed by atoms with E-state index >= 15 is 0 Å². The van der Waals surface area contributed by atoms with Crippen LogP contribution in [-0.4, -0.2) is 63.1 Å². The normalized spacial score (nSPS) is 14.3. The third-order valence-corrected chi connectivity index (χ3v) is 5.10. The quantitative estimate of drug-likeness (QED) is 0.509. The summed E-state index contributed by atoms with van der Waals surface area (Å²) in [6.07, 6.45) is 3.32. The van der Waals surface area contributed by atoms with Crippen molar-refractivity contribution >= 4 is 17.3 Å². The zero-order valence-electron chi connectivity index (χ0n) is 16.3. The standard InChI is InChI=1S/C20H19FN8O/c1-30-19-13-22-12-18(23-19)28-10-8-27(9-11-28)17-7-6-16-24-25-20(29(16)26-17)14-4-2-3-5-15(14)21/h2-7,12-13H,8-11H2,1H3. The number of benzene rings is 1. The highest BCUT2D eigenvalue weighted by atomic mass is 19.1. The van der Waals surface area contributed by atoms with Crippen LogP contribution in [0.4, 0.5) is 16.0 Å². The second-order valence-corrected chi connectivity index (χ2v) is 6.86. The lowest BCUT2D eigenvalue weighted by Gasteiger charge is -2.35. The molecule has 0 spiro atoms. The average molecular weight is 406 g/mol. The van der Waals surface area contributed by atoms with Crippen molar-refractivity contribution in [1.82, 2.24) is 29.8 Å². The van der Waals surface area contributed by atoms with Gasteiger partial charge >= 0.3 is 0 Å². The van der Waals surface area contributed by atoms with Gasteiger partial charge in [-0.1, -0.05) is 12.1 Å². The minimum absolute atomic E-state index is 0.355. The summed E-state index contributed by atoms with van der Waals surface area (Å²) in [6, 6.07) is 10.3. The van der Waals surface area contributed by atoms with Gasteiger partial charge in [0.15, 0.2) is 17.3 Å². The monoisotopic (exact) mass is 406 g/mol. The summed E-state index contributed by atoms with van der Waals surface area (Å²) in [6.45, 7) is 3.05. The second-order valence-electron chi connectivity index (χ2n) is 6.86. The molecule has 0 saturated carbocycles. The lowest BCUT2D eigenvalue weighted by atomic mass is 10.2. The summed E-state index contributed by atoms with van der Waals surface area (Å²) in [5.41, 5.74) is 0.943. The smallest absolute Gasteiger partial charge is 0.233 e. The number of hydrogen-bond acceptors (Lipinski definition) is 8. The Morgan fingerprint density at radius 1 is 0.900 bits per heavy atom. The molecule has 30 heavy (non-hydrogen) atoms. The Morgan fingerprint density at radius 3 is 2.43 bits per heavy atom. The summed E-state index contributed by atoms with van der Waals surface area (Å²) in [5, 5.41) is 12.9. The summed E-state index contributed by atoms with van der Waals surface area (Å²) in [7, 11) is 1.58. The van der Waals surface area contributed by atoms with Gasteiger partial charge in [0.1, 0.15) is 11.6 Å². The van der Waals surface area contributed by atoms with Crippen LogP contribution in [0.2, 0.25) is 0 Å². The van der Waals surface area contributed by atoms with Gasteiger partial charge < -0.3 is 14.5 Å². The summed E-state index contributed by atoms with van der Waals surface area (Å²) in [5.74, 6) is 2.10. The number of ether oxygens (including phenoxy) is 1. The highest BCUT2D eigenvalue weighted by Gasteiger charge is 2.21. The Labute approximate surface area is 171 Å². The van der Waals surface area contributed by atoms with E-state index in [1.807, 2.05) is 12.1 Å². The van der Waals surface area contributed by atoms with Crippen LogP contribution in [0.1, 0.15) is 0 Å². The van der Waals surface area contributed by atoms with E-state index in [9.17, 15) is 4.39 Å². The van der Waals surface area contributed by atoms with Crippen LogP contribution in [0.3, 0.4) is 0 Å². The predicted octanol–water partition coefficient (Wildman–Crippen LogP) is 2.06. The van der Waals surface area contributed by atoms with Gasteiger partial charge in [0.2, 0.25) is 5.88 Å². The zero-order chi connectivity index (χ0) is 20.5. The SMILES string of the molecule is COc1cncc(N2CCN(c3ccc4nnc(-c5ccccc5F)n4n3)CC2)n1. The molecule has 0 aliphatic carbocycles. The topological polar surface area (TPSA) is 84.6 Å². The first-order chi connectivity index (χ1) is 14.7. The van der Waals surface area contributed by atoms with E-state index in [-0.39, 0.29) is 5.82 Å². The number of halogens is 1. The van der Waals surface area contributed by atoms with Gasteiger partial charge in [-0.05, 0) is 24.3 Å². The summed E-state index contributed by atoms with van der Waals surface area (Å²) in [4.78, 5) is 13.0.